The van der Waals surface area contributed by atoms with Crippen LogP contribution in [0.25, 0.3) is 11.0 Å². The SMILES string of the molecule is CC(=O)O[C@@H]1[C@H](OC(C)=O)[C@@H](CI)O[C@H]1n1c(Cl)nc2cc(Cl)c(Cl)cc21. The lowest BCUT2D eigenvalue weighted by Crippen LogP contribution is -2.39. The first-order valence-electron chi connectivity index (χ1n) is 7.81. The molecule has 2 heterocycles. The molecule has 0 saturated carbocycles. The van der Waals surface area contributed by atoms with E-state index in [9.17, 15) is 9.59 Å². The number of alkyl halides is 1. The quantitative estimate of drug-likeness (QED) is 0.325. The predicted molar refractivity (Wildman–Crippen MR) is 109 cm³/mol. The summed E-state index contributed by atoms with van der Waals surface area (Å²) in [6, 6.07) is 3.18. The van der Waals surface area contributed by atoms with Crippen LogP contribution in [0.2, 0.25) is 15.3 Å². The number of hydrogen-bond donors (Lipinski definition) is 0. The fourth-order valence-corrected chi connectivity index (χ4v) is 4.30. The second-order valence-electron chi connectivity index (χ2n) is 5.87. The minimum atomic E-state index is -0.907. The maximum atomic E-state index is 11.7. The monoisotopic (exact) mass is 546 g/mol. The average Bonchev–Trinajstić information content (AvgIpc) is 3.04. The van der Waals surface area contributed by atoms with Crippen molar-refractivity contribution in [1.82, 2.24) is 9.55 Å². The zero-order chi connectivity index (χ0) is 19.9. The molecule has 11 heteroatoms. The third-order valence-electron chi connectivity index (χ3n) is 3.98. The molecule has 1 fully saturated rings. The summed E-state index contributed by atoms with van der Waals surface area (Å²) in [5.74, 6) is -1.05. The summed E-state index contributed by atoms with van der Waals surface area (Å²) in [4.78, 5) is 27.5. The molecule has 1 aliphatic heterocycles. The van der Waals surface area contributed by atoms with Crippen molar-refractivity contribution in [2.45, 2.75) is 38.4 Å². The molecule has 146 valence electrons. The highest BCUT2D eigenvalue weighted by Gasteiger charge is 2.50. The van der Waals surface area contributed by atoms with Gasteiger partial charge in [0.15, 0.2) is 18.4 Å². The molecular formula is C16H14Cl3IN2O5. The zero-order valence-electron chi connectivity index (χ0n) is 14.1. The summed E-state index contributed by atoms with van der Waals surface area (Å²) in [6.45, 7) is 2.55. The molecule has 1 aromatic heterocycles. The van der Waals surface area contributed by atoms with Crippen LogP contribution < -0.4 is 0 Å². The van der Waals surface area contributed by atoms with E-state index in [-0.39, 0.29) is 5.28 Å². The molecule has 1 saturated heterocycles. The van der Waals surface area contributed by atoms with E-state index in [1.807, 2.05) is 0 Å². The lowest BCUT2D eigenvalue weighted by molar-refractivity contribution is -0.165. The number of halogens is 4. The lowest BCUT2D eigenvalue weighted by atomic mass is 10.1. The highest BCUT2D eigenvalue weighted by Crippen LogP contribution is 2.40. The Morgan fingerprint density at radius 1 is 1.15 bits per heavy atom. The number of fused-ring (bicyclic) bond motifs is 1. The summed E-state index contributed by atoms with van der Waals surface area (Å²) in [6.07, 6.45) is -3.05. The minimum absolute atomic E-state index is 0.0983. The van der Waals surface area contributed by atoms with E-state index in [1.165, 1.54) is 13.8 Å². The van der Waals surface area contributed by atoms with Crippen molar-refractivity contribution in [1.29, 1.82) is 0 Å². The molecule has 0 spiro atoms. The number of hydrogen-bond acceptors (Lipinski definition) is 6. The zero-order valence-corrected chi connectivity index (χ0v) is 18.5. The van der Waals surface area contributed by atoms with Gasteiger partial charge in [0.1, 0.15) is 6.10 Å². The molecule has 0 unspecified atom stereocenters. The van der Waals surface area contributed by atoms with E-state index < -0.39 is 36.5 Å². The Morgan fingerprint density at radius 3 is 2.33 bits per heavy atom. The van der Waals surface area contributed by atoms with Crippen molar-refractivity contribution >= 4 is 80.4 Å². The van der Waals surface area contributed by atoms with Crippen LogP contribution in [-0.4, -0.2) is 44.2 Å². The van der Waals surface area contributed by atoms with Gasteiger partial charge >= 0.3 is 11.9 Å². The van der Waals surface area contributed by atoms with Gasteiger partial charge in [-0.1, -0.05) is 45.8 Å². The van der Waals surface area contributed by atoms with E-state index in [0.717, 1.165) is 0 Å². The average molecular weight is 548 g/mol. The minimum Gasteiger partial charge on any atom is -0.456 e. The van der Waals surface area contributed by atoms with Crippen LogP contribution in [0.3, 0.4) is 0 Å². The van der Waals surface area contributed by atoms with Crippen LogP contribution in [0.5, 0.6) is 0 Å². The number of rotatable bonds is 4. The smallest absolute Gasteiger partial charge is 0.303 e. The Balaban J connectivity index is 2.12. The van der Waals surface area contributed by atoms with Crippen molar-refractivity contribution in [3.05, 3.63) is 27.5 Å². The van der Waals surface area contributed by atoms with E-state index in [0.29, 0.717) is 25.5 Å². The van der Waals surface area contributed by atoms with Crippen LogP contribution in [0, 0.1) is 0 Å². The van der Waals surface area contributed by atoms with Gasteiger partial charge in [-0.05, 0) is 23.7 Å². The second-order valence-corrected chi connectivity index (χ2v) is 7.91. The lowest BCUT2D eigenvalue weighted by Gasteiger charge is -2.24. The van der Waals surface area contributed by atoms with Gasteiger partial charge in [0.25, 0.3) is 0 Å². The Morgan fingerprint density at radius 2 is 1.74 bits per heavy atom. The van der Waals surface area contributed by atoms with Crippen molar-refractivity contribution in [2.75, 3.05) is 4.43 Å². The third kappa shape index (κ3) is 4.14. The highest BCUT2D eigenvalue weighted by atomic mass is 127. The maximum Gasteiger partial charge on any atom is 0.303 e. The highest BCUT2D eigenvalue weighted by molar-refractivity contribution is 14.1. The molecule has 7 nitrogen and oxygen atoms in total. The van der Waals surface area contributed by atoms with Gasteiger partial charge < -0.3 is 14.2 Å². The van der Waals surface area contributed by atoms with E-state index >= 15 is 0 Å². The molecule has 0 aliphatic carbocycles. The van der Waals surface area contributed by atoms with E-state index in [2.05, 4.69) is 27.6 Å². The summed E-state index contributed by atoms with van der Waals surface area (Å²) in [5, 5.41) is 0.740. The van der Waals surface area contributed by atoms with Crippen LogP contribution in [-0.2, 0) is 23.8 Å². The number of carbonyl (C=O) groups excluding carboxylic acids is 2. The van der Waals surface area contributed by atoms with Gasteiger partial charge in [0.2, 0.25) is 5.28 Å². The Hall–Kier alpha value is -0.810. The molecule has 0 N–H and O–H groups in total. The summed E-state index contributed by atoms with van der Waals surface area (Å²) >= 11 is 20.6. The molecule has 27 heavy (non-hydrogen) atoms. The van der Waals surface area contributed by atoms with E-state index in [1.54, 1.807) is 16.7 Å². The third-order valence-corrected chi connectivity index (χ3v) is 5.84. The number of ether oxygens (including phenoxy) is 3. The second kappa shape index (κ2) is 8.28. The van der Waals surface area contributed by atoms with Gasteiger partial charge in [-0.3, -0.25) is 14.2 Å². The first kappa shape index (κ1) is 20.9. The molecular weight excluding hydrogens is 533 g/mol. The van der Waals surface area contributed by atoms with Crippen LogP contribution >= 0.6 is 57.4 Å². The van der Waals surface area contributed by atoms with Gasteiger partial charge in [0, 0.05) is 18.3 Å². The largest absolute Gasteiger partial charge is 0.456 e. The molecule has 0 amide bonds. The van der Waals surface area contributed by atoms with Crippen LogP contribution in [0.4, 0.5) is 0 Å². The number of imidazole rings is 1. The first-order valence-corrected chi connectivity index (χ1v) is 10.5. The van der Waals surface area contributed by atoms with E-state index in [4.69, 9.17) is 49.0 Å². The Bertz CT molecular complexity index is 906. The predicted octanol–water partition coefficient (Wildman–Crippen LogP) is 4.19. The number of esters is 2. The van der Waals surface area contributed by atoms with Gasteiger partial charge in [0.05, 0.1) is 21.1 Å². The summed E-state index contributed by atoms with van der Waals surface area (Å²) in [5.41, 5.74) is 1.05. The molecule has 4 atom stereocenters. The first-order chi connectivity index (χ1) is 12.7. The molecule has 1 aliphatic rings. The summed E-state index contributed by atoms with van der Waals surface area (Å²) in [7, 11) is 0. The maximum absolute atomic E-state index is 11.7. The van der Waals surface area contributed by atoms with Gasteiger partial charge in [-0.15, -0.1) is 0 Å². The van der Waals surface area contributed by atoms with Crippen molar-refractivity contribution in [3.63, 3.8) is 0 Å². The van der Waals surface area contributed by atoms with Gasteiger partial charge in [-0.2, -0.15) is 0 Å². The fraction of sp³-hybridized carbons (Fsp3) is 0.438. The van der Waals surface area contributed by atoms with Crippen molar-refractivity contribution in [3.8, 4) is 0 Å². The molecule has 0 radical (unpaired) electrons. The Labute approximate surface area is 183 Å². The topological polar surface area (TPSA) is 79.6 Å². The molecule has 1 aromatic carbocycles. The van der Waals surface area contributed by atoms with Crippen LogP contribution in [0.15, 0.2) is 12.1 Å². The Kier molecular flexibility index (Phi) is 6.41. The van der Waals surface area contributed by atoms with Crippen LogP contribution in [0.1, 0.15) is 20.1 Å². The molecule has 3 rings (SSSR count). The summed E-state index contributed by atoms with van der Waals surface area (Å²) < 4.78 is 18.9. The normalized spacial score (nSPS) is 25.0. The van der Waals surface area contributed by atoms with Crippen molar-refractivity contribution < 1.29 is 23.8 Å². The number of aromatic nitrogens is 2. The molecule has 2 aromatic rings. The fourth-order valence-electron chi connectivity index (χ4n) is 2.99. The van der Waals surface area contributed by atoms with Crippen molar-refractivity contribution in [2.24, 2.45) is 0 Å². The number of benzene rings is 1. The molecule has 0 bridgehead atoms. The van der Waals surface area contributed by atoms with Gasteiger partial charge in [-0.25, -0.2) is 4.98 Å². The number of carbonyl (C=O) groups is 2. The standard InChI is InChI=1S/C16H14Cl3IN2O5/c1-6(23)25-13-12(5-20)27-15(14(13)26-7(2)24)22-11-4-9(18)8(17)3-10(11)21-16(22)19/h3-4,12-15H,5H2,1-2H3/t12-,13-,14-,15-/m1/s1. The number of nitrogens with zero attached hydrogens (tertiary/aromatic N) is 2.